The largest absolute Gasteiger partial charge is 0.243 e. The van der Waals surface area contributed by atoms with Crippen LogP contribution in [0.25, 0.3) is 0 Å². The quantitative estimate of drug-likeness (QED) is 0.635. The number of likely N-dealkylation sites (N-methyl/N-ethyl adjacent to an activating group) is 1. The molecule has 1 aromatic rings. The summed E-state index contributed by atoms with van der Waals surface area (Å²) in [6, 6.07) is 0. The normalized spacial score (nSPS) is 25.8. The Bertz CT molecular complexity index is 391. The molecule has 2 rings (SSSR count). The average molecular weight is 211 g/mol. The van der Waals surface area contributed by atoms with E-state index in [4.69, 9.17) is 0 Å². The van der Waals surface area contributed by atoms with E-state index in [-0.39, 0.29) is 5.41 Å². The number of fused-ring (bicyclic) bond motifs is 1. The average Bonchev–Trinajstić information content (AvgIpc) is 2.14. The van der Waals surface area contributed by atoms with Gasteiger partial charge in [0.1, 0.15) is 17.3 Å². The van der Waals surface area contributed by atoms with E-state index in [1.165, 1.54) is 6.33 Å². The summed E-state index contributed by atoms with van der Waals surface area (Å²) in [7, 11) is 0.757. The van der Waals surface area contributed by atoms with Crippen molar-refractivity contribution in [2.24, 2.45) is 0 Å². The zero-order chi connectivity index (χ0) is 10.3. The van der Waals surface area contributed by atoms with Gasteiger partial charge in [-0.05, 0) is 0 Å². The van der Waals surface area contributed by atoms with Crippen LogP contribution in [-0.4, -0.2) is 32.1 Å². The maximum Gasteiger partial charge on any atom is 0.130 e. The summed E-state index contributed by atoms with van der Waals surface area (Å²) in [4.78, 5) is 8.89. The number of rotatable bonds is 0. The van der Waals surface area contributed by atoms with Crippen LogP contribution in [0.3, 0.4) is 0 Å². The lowest BCUT2D eigenvalue weighted by Gasteiger charge is -2.35. The molecule has 1 aromatic heterocycles. The van der Waals surface area contributed by atoms with Gasteiger partial charge in [0.05, 0.1) is 10.6 Å². The molecular weight excluding hydrogens is 198 g/mol. The molecule has 1 atom stereocenters. The van der Waals surface area contributed by atoms with E-state index < -0.39 is 11.0 Å². The predicted octanol–water partition coefficient (Wildman–Crippen LogP) is 0.722. The lowest BCUT2D eigenvalue weighted by Crippen LogP contribution is -2.42. The van der Waals surface area contributed by atoms with Crippen LogP contribution in [0.4, 0.5) is 0 Å². The summed E-state index contributed by atoms with van der Waals surface area (Å²) in [6.45, 7) is 4.96. The molecule has 0 N–H and O–H groups in total. The summed E-state index contributed by atoms with van der Waals surface area (Å²) in [5.41, 5.74) is 0.852. The zero-order valence-corrected chi connectivity index (χ0v) is 9.34. The van der Waals surface area contributed by atoms with Crippen LogP contribution in [0.15, 0.2) is 17.4 Å². The molecule has 0 bridgehead atoms. The Kier molecular flexibility index (Phi) is 2.16. The third-order valence-electron chi connectivity index (χ3n) is 2.41. The van der Waals surface area contributed by atoms with E-state index in [1.54, 1.807) is 6.20 Å². The summed E-state index contributed by atoms with van der Waals surface area (Å²) < 4.78 is 13.7. The van der Waals surface area contributed by atoms with Gasteiger partial charge in [-0.1, -0.05) is 13.8 Å². The molecule has 2 heterocycles. The van der Waals surface area contributed by atoms with Crippen LogP contribution < -0.4 is 0 Å². The van der Waals surface area contributed by atoms with E-state index in [9.17, 15) is 4.21 Å². The molecule has 0 fully saturated rings. The maximum absolute atomic E-state index is 11.9. The van der Waals surface area contributed by atoms with Crippen LogP contribution in [0.2, 0.25) is 0 Å². The van der Waals surface area contributed by atoms with Crippen molar-refractivity contribution in [3.63, 3.8) is 0 Å². The molecule has 14 heavy (non-hydrogen) atoms. The minimum absolute atomic E-state index is 0.0546. The standard InChI is InChI=1S/C9H13N3OS/c1-9(2)5-12(3)14(13)7-4-10-6-11-8(7)9/h4,6H,5H2,1-3H3. The van der Waals surface area contributed by atoms with E-state index in [2.05, 4.69) is 23.8 Å². The Morgan fingerprint density at radius 2 is 2.29 bits per heavy atom. The van der Waals surface area contributed by atoms with Crippen molar-refractivity contribution in [3.05, 3.63) is 18.2 Å². The van der Waals surface area contributed by atoms with Crippen LogP contribution >= 0.6 is 0 Å². The van der Waals surface area contributed by atoms with Gasteiger partial charge in [-0.2, -0.15) is 0 Å². The van der Waals surface area contributed by atoms with Gasteiger partial charge in [-0.3, -0.25) is 0 Å². The maximum atomic E-state index is 11.9. The summed E-state index contributed by atoms with van der Waals surface area (Å²) in [5.74, 6) is 0. The number of nitrogens with zero attached hydrogens (tertiary/aromatic N) is 3. The van der Waals surface area contributed by atoms with Crippen LogP contribution in [0.1, 0.15) is 19.5 Å². The summed E-state index contributed by atoms with van der Waals surface area (Å²) >= 11 is 0. The van der Waals surface area contributed by atoms with Crippen molar-refractivity contribution in [1.29, 1.82) is 0 Å². The molecule has 1 aliphatic heterocycles. The molecule has 1 unspecified atom stereocenters. The molecule has 0 spiro atoms. The lowest BCUT2D eigenvalue weighted by molar-refractivity contribution is 0.359. The van der Waals surface area contributed by atoms with Crippen LogP contribution in [0.5, 0.6) is 0 Å². The van der Waals surface area contributed by atoms with Crippen molar-refractivity contribution in [3.8, 4) is 0 Å². The Morgan fingerprint density at radius 1 is 1.57 bits per heavy atom. The molecule has 0 saturated carbocycles. The molecule has 0 aromatic carbocycles. The smallest absolute Gasteiger partial charge is 0.130 e. The third-order valence-corrected chi connectivity index (χ3v) is 3.78. The van der Waals surface area contributed by atoms with Gasteiger partial charge in [0, 0.05) is 25.2 Å². The minimum atomic E-state index is -1.10. The van der Waals surface area contributed by atoms with Gasteiger partial charge in [0.15, 0.2) is 0 Å². The minimum Gasteiger partial charge on any atom is -0.243 e. The highest BCUT2D eigenvalue weighted by Gasteiger charge is 2.35. The van der Waals surface area contributed by atoms with E-state index in [0.717, 1.165) is 17.1 Å². The third kappa shape index (κ3) is 1.36. The second kappa shape index (κ2) is 3.10. The first kappa shape index (κ1) is 9.73. The van der Waals surface area contributed by atoms with Crippen molar-refractivity contribution < 1.29 is 4.21 Å². The van der Waals surface area contributed by atoms with Gasteiger partial charge in [0.2, 0.25) is 0 Å². The highest BCUT2D eigenvalue weighted by Crippen LogP contribution is 2.32. The molecule has 0 radical (unpaired) electrons. The molecule has 5 heteroatoms. The van der Waals surface area contributed by atoms with Crippen LogP contribution in [0, 0.1) is 0 Å². The fraction of sp³-hybridized carbons (Fsp3) is 0.556. The molecule has 76 valence electrons. The Balaban J connectivity index is 2.62. The van der Waals surface area contributed by atoms with Gasteiger partial charge in [-0.25, -0.2) is 18.5 Å². The Hall–Kier alpha value is -0.810. The van der Waals surface area contributed by atoms with Crippen LogP contribution in [-0.2, 0) is 16.4 Å². The highest BCUT2D eigenvalue weighted by atomic mass is 32.2. The Labute approximate surface area is 86.0 Å². The summed E-state index contributed by atoms with van der Waals surface area (Å²) in [6.07, 6.45) is 3.17. The van der Waals surface area contributed by atoms with E-state index >= 15 is 0 Å². The molecule has 0 aliphatic carbocycles. The monoisotopic (exact) mass is 211 g/mol. The van der Waals surface area contributed by atoms with Gasteiger partial charge < -0.3 is 0 Å². The molecule has 4 nitrogen and oxygen atoms in total. The van der Waals surface area contributed by atoms with Crippen molar-refractivity contribution in [2.45, 2.75) is 24.2 Å². The number of hydrogen-bond acceptors (Lipinski definition) is 3. The molecule has 0 saturated heterocycles. The molecule has 0 amide bonds. The fourth-order valence-electron chi connectivity index (χ4n) is 1.81. The Morgan fingerprint density at radius 3 is 3.00 bits per heavy atom. The first-order chi connectivity index (χ1) is 6.52. The first-order valence-electron chi connectivity index (χ1n) is 4.46. The number of hydrogen-bond donors (Lipinski definition) is 0. The molecular formula is C9H13N3OS. The molecule has 1 aliphatic rings. The van der Waals surface area contributed by atoms with Crippen molar-refractivity contribution in [2.75, 3.05) is 13.6 Å². The van der Waals surface area contributed by atoms with Gasteiger partial charge in [0.25, 0.3) is 0 Å². The second-order valence-corrected chi connectivity index (χ2v) is 5.72. The fourth-order valence-corrected chi connectivity index (χ4v) is 3.23. The zero-order valence-electron chi connectivity index (χ0n) is 8.52. The second-order valence-electron chi connectivity index (χ2n) is 4.15. The van der Waals surface area contributed by atoms with Crippen molar-refractivity contribution in [1.82, 2.24) is 14.3 Å². The topological polar surface area (TPSA) is 46.1 Å². The summed E-state index contributed by atoms with van der Waals surface area (Å²) in [5, 5.41) is 0. The van der Waals surface area contributed by atoms with Crippen molar-refractivity contribution >= 4 is 11.0 Å². The van der Waals surface area contributed by atoms with E-state index in [0.29, 0.717) is 0 Å². The first-order valence-corrected chi connectivity index (χ1v) is 5.56. The predicted molar refractivity (Wildman–Crippen MR) is 54.1 cm³/mol. The SMILES string of the molecule is CN1CC(C)(C)c2ncncc2S1=O. The lowest BCUT2D eigenvalue weighted by atomic mass is 9.89. The number of aromatic nitrogens is 2. The van der Waals surface area contributed by atoms with Gasteiger partial charge >= 0.3 is 0 Å². The van der Waals surface area contributed by atoms with E-state index in [1.807, 2.05) is 11.4 Å². The van der Waals surface area contributed by atoms with Gasteiger partial charge in [-0.15, -0.1) is 0 Å². The highest BCUT2D eigenvalue weighted by molar-refractivity contribution is 7.82.